The van der Waals surface area contributed by atoms with Crippen molar-refractivity contribution < 1.29 is 14.3 Å². The molecular weight excluding hydrogens is 302 g/mol. The molecule has 0 spiro atoms. The molecule has 1 N–H and O–H groups in total. The van der Waals surface area contributed by atoms with E-state index in [-0.39, 0.29) is 11.9 Å². The highest BCUT2D eigenvalue weighted by atomic mass is 16.5. The first-order valence-electron chi connectivity index (χ1n) is 8.10. The van der Waals surface area contributed by atoms with Gasteiger partial charge in [0, 0.05) is 0 Å². The molecule has 0 radical (unpaired) electrons. The van der Waals surface area contributed by atoms with E-state index in [2.05, 4.69) is 25.2 Å². The molecule has 128 valence electrons. The van der Waals surface area contributed by atoms with Crippen molar-refractivity contribution in [1.29, 1.82) is 0 Å². The third-order valence-corrected chi connectivity index (χ3v) is 3.90. The van der Waals surface area contributed by atoms with E-state index in [1.54, 1.807) is 7.11 Å². The Kier molecular flexibility index (Phi) is 6.24. The third kappa shape index (κ3) is 5.30. The van der Waals surface area contributed by atoms with E-state index in [0.29, 0.717) is 13.0 Å². The molecule has 2 aromatic carbocycles. The van der Waals surface area contributed by atoms with Gasteiger partial charge in [0.05, 0.1) is 19.6 Å². The Morgan fingerprint density at radius 2 is 1.71 bits per heavy atom. The summed E-state index contributed by atoms with van der Waals surface area (Å²) in [6.45, 7) is 6.48. The fraction of sp³-hybridized carbons (Fsp3) is 0.350. The number of nitrogens with one attached hydrogen (secondary N) is 1. The lowest BCUT2D eigenvalue weighted by atomic mass is 10.0. The fourth-order valence-electron chi connectivity index (χ4n) is 2.36. The molecule has 2 aromatic rings. The fourth-order valence-corrected chi connectivity index (χ4v) is 2.36. The van der Waals surface area contributed by atoms with Crippen LogP contribution >= 0.6 is 0 Å². The smallest absolute Gasteiger partial charge is 0.224 e. The first-order chi connectivity index (χ1) is 11.5. The Bertz CT molecular complexity index is 680. The molecule has 0 heterocycles. The second-order valence-corrected chi connectivity index (χ2v) is 6.05. The zero-order chi connectivity index (χ0) is 17.5. The minimum Gasteiger partial charge on any atom is -0.497 e. The van der Waals surface area contributed by atoms with Crippen LogP contribution in [0.2, 0.25) is 0 Å². The van der Waals surface area contributed by atoms with Gasteiger partial charge in [-0.05, 0) is 61.7 Å². The maximum atomic E-state index is 12.1. The van der Waals surface area contributed by atoms with Gasteiger partial charge in [-0.15, -0.1) is 0 Å². The lowest BCUT2D eigenvalue weighted by molar-refractivity contribution is -0.121. The summed E-state index contributed by atoms with van der Waals surface area (Å²) in [4.78, 5) is 12.1. The molecule has 0 saturated heterocycles. The summed E-state index contributed by atoms with van der Waals surface area (Å²) in [7, 11) is 1.63. The number of carbonyl (C=O) groups is 1. The van der Waals surface area contributed by atoms with Crippen molar-refractivity contribution in [2.45, 2.75) is 33.2 Å². The maximum absolute atomic E-state index is 12.1. The lowest BCUT2D eigenvalue weighted by Gasteiger charge is -2.15. The van der Waals surface area contributed by atoms with Crippen LogP contribution in [-0.4, -0.2) is 25.7 Å². The monoisotopic (exact) mass is 327 g/mol. The SMILES string of the molecule is COc1ccc(OCC(C)NC(=O)Cc2ccc(C)c(C)c2)cc1. The number of hydrogen-bond donors (Lipinski definition) is 1. The van der Waals surface area contributed by atoms with Gasteiger partial charge in [-0.1, -0.05) is 18.2 Å². The van der Waals surface area contributed by atoms with Crippen molar-refractivity contribution in [1.82, 2.24) is 5.32 Å². The molecule has 4 nitrogen and oxygen atoms in total. The Morgan fingerprint density at radius 3 is 2.33 bits per heavy atom. The Balaban J connectivity index is 1.79. The molecule has 0 aliphatic heterocycles. The average molecular weight is 327 g/mol. The van der Waals surface area contributed by atoms with Crippen LogP contribution in [-0.2, 0) is 11.2 Å². The first-order valence-corrected chi connectivity index (χ1v) is 8.10. The normalized spacial score (nSPS) is 11.7. The number of amides is 1. The molecule has 1 unspecified atom stereocenters. The first kappa shape index (κ1) is 17.9. The molecule has 1 atom stereocenters. The second kappa shape index (κ2) is 8.39. The molecule has 0 fully saturated rings. The van der Waals surface area contributed by atoms with Gasteiger partial charge in [0.15, 0.2) is 0 Å². The van der Waals surface area contributed by atoms with Crippen molar-refractivity contribution in [3.05, 3.63) is 59.2 Å². The van der Waals surface area contributed by atoms with Gasteiger partial charge in [-0.25, -0.2) is 0 Å². The molecule has 0 saturated carbocycles. The van der Waals surface area contributed by atoms with E-state index >= 15 is 0 Å². The van der Waals surface area contributed by atoms with E-state index in [0.717, 1.165) is 17.1 Å². The van der Waals surface area contributed by atoms with Crippen molar-refractivity contribution >= 4 is 5.91 Å². The van der Waals surface area contributed by atoms with E-state index in [9.17, 15) is 4.79 Å². The van der Waals surface area contributed by atoms with Crippen LogP contribution in [0.15, 0.2) is 42.5 Å². The van der Waals surface area contributed by atoms with Gasteiger partial charge in [0.2, 0.25) is 5.91 Å². The number of carbonyl (C=O) groups excluding carboxylic acids is 1. The number of rotatable bonds is 7. The molecule has 4 heteroatoms. The van der Waals surface area contributed by atoms with Gasteiger partial charge in [-0.2, -0.15) is 0 Å². The summed E-state index contributed by atoms with van der Waals surface area (Å²) >= 11 is 0. The standard InChI is InChI=1S/C20H25NO3/c1-14-5-6-17(11-15(14)2)12-20(22)21-16(3)13-24-19-9-7-18(23-4)8-10-19/h5-11,16H,12-13H2,1-4H3,(H,21,22). The van der Waals surface area contributed by atoms with Crippen molar-refractivity contribution in [3.63, 3.8) is 0 Å². The van der Waals surface area contributed by atoms with E-state index in [4.69, 9.17) is 9.47 Å². The van der Waals surface area contributed by atoms with Crippen LogP contribution in [0.25, 0.3) is 0 Å². The Morgan fingerprint density at radius 1 is 1.04 bits per heavy atom. The highest BCUT2D eigenvalue weighted by molar-refractivity contribution is 5.78. The Hall–Kier alpha value is -2.49. The summed E-state index contributed by atoms with van der Waals surface area (Å²) in [6, 6.07) is 13.4. The molecule has 1 amide bonds. The molecule has 24 heavy (non-hydrogen) atoms. The molecular formula is C20H25NO3. The number of methoxy groups -OCH3 is 1. The van der Waals surface area contributed by atoms with Crippen LogP contribution in [0, 0.1) is 13.8 Å². The number of aryl methyl sites for hydroxylation is 2. The second-order valence-electron chi connectivity index (χ2n) is 6.05. The summed E-state index contributed by atoms with van der Waals surface area (Å²) in [5.41, 5.74) is 3.47. The Labute approximate surface area is 143 Å². The summed E-state index contributed by atoms with van der Waals surface area (Å²) in [5.74, 6) is 1.55. The number of hydrogen-bond acceptors (Lipinski definition) is 3. The van der Waals surface area contributed by atoms with Crippen LogP contribution in [0.5, 0.6) is 11.5 Å². The van der Waals surface area contributed by atoms with Gasteiger partial charge in [-0.3, -0.25) is 4.79 Å². The quantitative estimate of drug-likeness (QED) is 0.847. The molecule has 0 aliphatic carbocycles. The average Bonchev–Trinajstić information content (AvgIpc) is 2.56. The minimum atomic E-state index is -0.0638. The maximum Gasteiger partial charge on any atom is 0.224 e. The van der Waals surface area contributed by atoms with E-state index in [1.807, 2.05) is 43.3 Å². The van der Waals surface area contributed by atoms with Crippen molar-refractivity contribution in [3.8, 4) is 11.5 Å². The topological polar surface area (TPSA) is 47.6 Å². The molecule has 0 bridgehead atoms. The summed E-state index contributed by atoms with van der Waals surface area (Å²) in [6.07, 6.45) is 0.383. The van der Waals surface area contributed by atoms with Crippen LogP contribution < -0.4 is 14.8 Å². The van der Waals surface area contributed by atoms with Gasteiger partial charge in [0.25, 0.3) is 0 Å². The number of ether oxygens (including phenoxy) is 2. The van der Waals surface area contributed by atoms with Crippen molar-refractivity contribution in [2.24, 2.45) is 0 Å². The van der Waals surface area contributed by atoms with E-state index in [1.165, 1.54) is 11.1 Å². The lowest BCUT2D eigenvalue weighted by Crippen LogP contribution is -2.37. The predicted molar refractivity (Wildman–Crippen MR) is 95.7 cm³/mol. The summed E-state index contributed by atoms with van der Waals surface area (Å²) in [5, 5.41) is 2.97. The highest BCUT2D eigenvalue weighted by Crippen LogP contribution is 2.17. The summed E-state index contributed by atoms with van der Waals surface area (Å²) < 4.78 is 10.8. The third-order valence-electron chi connectivity index (χ3n) is 3.90. The number of benzene rings is 2. The van der Waals surface area contributed by atoms with Crippen LogP contribution in [0.3, 0.4) is 0 Å². The van der Waals surface area contributed by atoms with Crippen LogP contribution in [0.1, 0.15) is 23.6 Å². The van der Waals surface area contributed by atoms with E-state index < -0.39 is 0 Å². The molecule has 0 aliphatic rings. The zero-order valence-corrected chi connectivity index (χ0v) is 14.8. The van der Waals surface area contributed by atoms with Gasteiger partial charge >= 0.3 is 0 Å². The highest BCUT2D eigenvalue weighted by Gasteiger charge is 2.09. The molecule has 0 aromatic heterocycles. The zero-order valence-electron chi connectivity index (χ0n) is 14.8. The molecule has 2 rings (SSSR count). The predicted octanol–water partition coefficient (Wildman–Crippen LogP) is 3.44. The van der Waals surface area contributed by atoms with Gasteiger partial charge < -0.3 is 14.8 Å². The van der Waals surface area contributed by atoms with Gasteiger partial charge in [0.1, 0.15) is 18.1 Å². The van der Waals surface area contributed by atoms with Crippen LogP contribution in [0.4, 0.5) is 0 Å². The van der Waals surface area contributed by atoms with Crippen molar-refractivity contribution in [2.75, 3.05) is 13.7 Å². The minimum absolute atomic E-state index is 0.00378. The largest absolute Gasteiger partial charge is 0.497 e.